The molecule has 21 heavy (non-hydrogen) atoms. The number of sulfonamides is 1. The summed E-state index contributed by atoms with van der Waals surface area (Å²) < 4.78 is 27.4. The van der Waals surface area contributed by atoms with Crippen molar-refractivity contribution in [3.63, 3.8) is 0 Å². The van der Waals surface area contributed by atoms with Gasteiger partial charge in [-0.3, -0.25) is 0 Å². The van der Waals surface area contributed by atoms with Crippen LogP contribution < -0.4 is 10.5 Å². The minimum Gasteiger partial charge on any atom is -0.384 e. The maximum atomic E-state index is 12.3. The number of hydrogen-bond donors (Lipinski definition) is 2. The Kier molecular flexibility index (Phi) is 4.05. The standard InChI is InChI=1S/C14H17N3O2S2/c15-14-6-3-10-8-12(4-5-13(10)17-14)21(18,19)16-9-11-2-1-7-20-11/h3-6,8,11,16H,1-2,7,9H2,(H2,15,17). The summed E-state index contributed by atoms with van der Waals surface area (Å²) >= 11 is 1.83. The fourth-order valence-electron chi connectivity index (χ4n) is 2.38. The molecule has 3 rings (SSSR count). The van der Waals surface area contributed by atoms with E-state index in [4.69, 9.17) is 5.73 Å². The van der Waals surface area contributed by atoms with E-state index in [0.29, 0.717) is 23.1 Å². The minimum atomic E-state index is -3.47. The monoisotopic (exact) mass is 323 g/mol. The van der Waals surface area contributed by atoms with Crippen molar-refractivity contribution in [1.29, 1.82) is 0 Å². The van der Waals surface area contributed by atoms with Crippen molar-refractivity contribution in [1.82, 2.24) is 9.71 Å². The second kappa shape index (κ2) is 5.82. The SMILES string of the molecule is Nc1ccc2cc(S(=O)(=O)NCC3CCCS3)ccc2n1. The number of nitrogens with two attached hydrogens (primary N) is 1. The Morgan fingerprint density at radius 2 is 2.19 bits per heavy atom. The predicted molar refractivity (Wildman–Crippen MR) is 86.8 cm³/mol. The van der Waals surface area contributed by atoms with Crippen molar-refractivity contribution < 1.29 is 8.42 Å². The first-order chi connectivity index (χ1) is 10.0. The van der Waals surface area contributed by atoms with Gasteiger partial charge in [0, 0.05) is 17.2 Å². The highest BCUT2D eigenvalue weighted by atomic mass is 32.2. The number of nitrogens with zero attached hydrogens (tertiary/aromatic N) is 1. The first-order valence-electron chi connectivity index (χ1n) is 6.82. The van der Waals surface area contributed by atoms with Gasteiger partial charge in [0.25, 0.3) is 0 Å². The van der Waals surface area contributed by atoms with E-state index in [2.05, 4.69) is 9.71 Å². The van der Waals surface area contributed by atoms with Gasteiger partial charge in [0.05, 0.1) is 10.4 Å². The maximum Gasteiger partial charge on any atom is 0.240 e. The molecule has 7 heteroatoms. The van der Waals surface area contributed by atoms with Gasteiger partial charge in [-0.25, -0.2) is 18.1 Å². The second-order valence-corrected chi connectivity index (χ2v) is 8.25. The number of thioether (sulfide) groups is 1. The van der Waals surface area contributed by atoms with E-state index in [0.717, 1.165) is 17.6 Å². The van der Waals surface area contributed by atoms with E-state index in [1.54, 1.807) is 30.3 Å². The number of fused-ring (bicyclic) bond motifs is 1. The molecule has 0 saturated carbocycles. The summed E-state index contributed by atoms with van der Waals surface area (Å²) in [5, 5.41) is 1.16. The van der Waals surface area contributed by atoms with Crippen LogP contribution in [0.3, 0.4) is 0 Å². The molecule has 1 aliphatic heterocycles. The van der Waals surface area contributed by atoms with Gasteiger partial charge >= 0.3 is 0 Å². The summed E-state index contributed by atoms with van der Waals surface area (Å²) in [4.78, 5) is 4.44. The van der Waals surface area contributed by atoms with Gasteiger partial charge in [-0.2, -0.15) is 11.8 Å². The normalized spacial score (nSPS) is 19.1. The number of hydrogen-bond acceptors (Lipinski definition) is 5. The average Bonchev–Trinajstić information content (AvgIpc) is 2.98. The molecule has 1 saturated heterocycles. The van der Waals surface area contributed by atoms with Crippen molar-refractivity contribution in [3.05, 3.63) is 30.3 Å². The Bertz CT molecular complexity index is 756. The molecule has 0 spiro atoms. The third-order valence-electron chi connectivity index (χ3n) is 3.52. The molecule has 0 radical (unpaired) electrons. The molecular formula is C14H17N3O2S2. The lowest BCUT2D eigenvalue weighted by Gasteiger charge is -2.11. The fraction of sp³-hybridized carbons (Fsp3) is 0.357. The first kappa shape index (κ1) is 14.6. The molecule has 2 aromatic rings. The van der Waals surface area contributed by atoms with Crippen LogP contribution in [0.5, 0.6) is 0 Å². The average molecular weight is 323 g/mol. The number of rotatable bonds is 4. The molecule has 0 aliphatic carbocycles. The second-order valence-electron chi connectivity index (χ2n) is 5.08. The van der Waals surface area contributed by atoms with Crippen LogP contribution in [-0.2, 0) is 10.0 Å². The van der Waals surface area contributed by atoms with Gasteiger partial charge in [-0.1, -0.05) is 0 Å². The molecule has 1 fully saturated rings. The summed E-state index contributed by atoms with van der Waals surface area (Å²) in [5.41, 5.74) is 6.32. The van der Waals surface area contributed by atoms with Crippen LogP contribution in [0.2, 0.25) is 0 Å². The van der Waals surface area contributed by atoms with Crippen LogP contribution in [0, 0.1) is 0 Å². The van der Waals surface area contributed by atoms with Crippen LogP contribution in [0.15, 0.2) is 35.2 Å². The van der Waals surface area contributed by atoms with E-state index >= 15 is 0 Å². The Morgan fingerprint density at radius 1 is 1.33 bits per heavy atom. The fourth-order valence-corrected chi connectivity index (χ4v) is 4.80. The summed E-state index contributed by atoms with van der Waals surface area (Å²) in [6.07, 6.45) is 2.24. The Labute approximate surface area is 128 Å². The van der Waals surface area contributed by atoms with Crippen LogP contribution in [0.4, 0.5) is 5.82 Å². The molecule has 1 aromatic heterocycles. The first-order valence-corrected chi connectivity index (χ1v) is 9.35. The lowest BCUT2D eigenvalue weighted by molar-refractivity contribution is 0.579. The molecule has 5 nitrogen and oxygen atoms in total. The highest BCUT2D eigenvalue weighted by Gasteiger charge is 2.20. The smallest absolute Gasteiger partial charge is 0.240 e. The minimum absolute atomic E-state index is 0.268. The van der Waals surface area contributed by atoms with Crippen LogP contribution in [0.25, 0.3) is 10.9 Å². The number of nitrogens with one attached hydrogen (secondary N) is 1. The van der Waals surface area contributed by atoms with E-state index in [1.807, 2.05) is 11.8 Å². The van der Waals surface area contributed by atoms with Gasteiger partial charge < -0.3 is 5.73 Å². The number of aromatic nitrogens is 1. The lowest BCUT2D eigenvalue weighted by Crippen LogP contribution is -2.29. The Morgan fingerprint density at radius 3 is 2.95 bits per heavy atom. The van der Waals surface area contributed by atoms with Crippen LogP contribution in [-0.4, -0.2) is 30.9 Å². The van der Waals surface area contributed by atoms with Gasteiger partial charge in [-0.15, -0.1) is 0 Å². The number of benzene rings is 1. The van der Waals surface area contributed by atoms with Crippen molar-refractivity contribution in [2.75, 3.05) is 18.0 Å². The third-order valence-corrected chi connectivity index (χ3v) is 6.34. The number of nitrogen functional groups attached to an aromatic ring is 1. The number of anilines is 1. The summed E-state index contributed by atoms with van der Waals surface area (Å²) in [6, 6.07) is 8.33. The molecule has 112 valence electrons. The molecule has 3 N–H and O–H groups in total. The number of pyridine rings is 1. The van der Waals surface area contributed by atoms with Gasteiger partial charge in [0.15, 0.2) is 0 Å². The zero-order chi connectivity index (χ0) is 14.9. The molecule has 1 unspecified atom stereocenters. The Hall–Kier alpha value is -1.31. The third kappa shape index (κ3) is 3.30. The van der Waals surface area contributed by atoms with E-state index in [-0.39, 0.29) is 4.90 Å². The summed E-state index contributed by atoms with van der Waals surface area (Å²) in [7, 11) is -3.47. The van der Waals surface area contributed by atoms with E-state index < -0.39 is 10.0 Å². The van der Waals surface area contributed by atoms with Gasteiger partial charge in [0.2, 0.25) is 10.0 Å². The van der Waals surface area contributed by atoms with Crippen LogP contribution >= 0.6 is 11.8 Å². The van der Waals surface area contributed by atoms with Gasteiger partial charge in [0.1, 0.15) is 5.82 Å². The van der Waals surface area contributed by atoms with Crippen molar-refractivity contribution in [2.24, 2.45) is 0 Å². The van der Waals surface area contributed by atoms with E-state index in [9.17, 15) is 8.42 Å². The Balaban J connectivity index is 1.82. The summed E-state index contributed by atoms with van der Waals surface area (Å²) in [6.45, 7) is 0.491. The molecule has 1 atom stereocenters. The van der Waals surface area contributed by atoms with Crippen molar-refractivity contribution in [3.8, 4) is 0 Å². The lowest BCUT2D eigenvalue weighted by atomic mass is 10.2. The maximum absolute atomic E-state index is 12.3. The molecule has 1 aliphatic rings. The molecule has 1 aromatic carbocycles. The van der Waals surface area contributed by atoms with Crippen LogP contribution in [0.1, 0.15) is 12.8 Å². The molecule has 0 amide bonds. The molecule has 0 bridgehead atoms. The highest BCUT2D eigenvalue weighted by Crippen LogP contribution is 2.26. The largest absolute Gasteiger partial charge is 0.384 e. The highest BCUT2D eigenvalue weighted by molar-refractivity contribution is 8.00. The molecular weight excluding hydrogens is 306 g/mol. The zero-order valence-corrected chi connectivity index (χ0v) is 13.1. The zero-order valence-electron chi connectivity index (χ0n) is 11.5. The summed E-state index contributed by atoms with van der Waals surface area (Å²) in [5.74, 6) is 1.55. The van der Waals surface area contributed by atoms with E-state index in [1.165, 1.54) is 6.42 Å². The van der Waals surface area contributed by atoms with Gasteiger partial charge in [-0.05, 0) is 48.9 Å². The van der Waals surface area contributed by atoms with Crippen molar-refractivity contribution in [2.45, 2.75) is 23.0 Å². The molecule has 2 heterocycles. The quantitative estimate of drug-likeness (QED) is 0.899. The predicted octanol–water partition coefficient (Wildman–Crippen LogP) is 1.99. The van der Waals surface area contributed by atoms with Crippen molar-refractivity contribution >= 4 is 38.5 Å². The topological polar surface area (TPSA) is 85.1 Å².